The standard InChI is InChI=1S/C20H19FN4OS/c1-2-27-19-11-10-18(24-25-19)15-4-3-5-17(12-15)23-20(26)22-13-14-6-8-16(21)9-7-14/h3-12H,2,13H2,1H3,(H2,22,23,26). The summed E-state index contributed by atoms with van der Waals surface area (Å²) in [5.41, 5.74) is 3.08. The van der Waals surface area contributed by atoms with Crippen LogP contribution in [0.25, 0.3) is 11.3 Å². The molecule has 0 fully saturated rings. The van der Waals surface area contributed by atoms with E-state index in [-0.39, 0.29) is 11.8 Å². The molecule has 0 saturated carbocycles. The van der Waals surface area contributed by atoms with Crippen LogP contribution in [0, 0.1) is 5.82 Å². The zero-order valence-corrected chi connectivity index (χ0v) is 15.6. The highest BCUT2D eigenvalue weighted by atomic mass is 32.2. The van der Waals surface area contributed by atoms with Crippen LogP contribution in [-0.2, 0) is 6.54 Å². The van der Waals surface area contributed by atoms with E-state index in [9.17, 15) is 9.18 Å². The molecule has 3 rings (SSSR count). The van der Waals surface area contributed by atoms with E-state index in [0.29, 0.717) is 12.2 Å². The van der Waals surface area contributed by atoms with Crippen LogP contribution in [0.3, 0.4) is 0 Å². The van der Waals surface area contributed by atoms with Gasteiger partial charge in [-0.3, -0.25) is 0 Å². The summed E-state index contributed by atoms with van der Waals surface area (Å²) >= 11 is 1.64. The first-order valence-electron chi connectivity index (χ1n) is 8.50. The van der Waals surface area contributed by atoms with Crippen molar-refractivity contribution in [2.75, 3.05) is 11.1 Å². The van der Waals surface area contributed by atoms with Crippen molar-refractivity contribution in [1.82, 2.24) is 15.5 Å². The summed E-state index contributed by atoms with van der Waals surface area (Å²) in [5, 5.41) is 14.9. The molecular weight excluding hydrogens is 363 g/mol. The fourth-order valence-corrected chi connectivity index (χ4v) is 2.97. The first kappa shape index (κ1) is 18.8. The maximum absolute atomic E-state index is 12.9. The second-order valence-corrected chi connectivity index (χ2v) is 6.99. The molecule has 3 aromatic rings. The van der Waals surface area contributed by atoms with Crippen LogP contribution in [0.5, 0.6) is 0 Å². The Balaban J connectivity index is 1.61. The van der Waals surface area contributed by atoms with E-state index in [2.05, 4.69) is 27.8 Å². The minimum atomic E-state index is -0.336. The number of rotatable bonds is 6. The third-order valence-corrected chi connectivity index (χ3v) is 4.52. The molecule has 0 aliphatic heterocycles. The number of carbonyl (C=O) groups excluding carboxylic acids is 1. The first-order valence-corrected chi connectivity index (χ1v) is 9.49. The van der Waals surface area contributed by atoms with E-state index in [4.69, 9.17) is 0 Å². The number of anilines is 1. The summed E-state index contributed by atoms with van der Waals surface area (Å²) in [6, 6.07) is 16.9. The lowest BCUT2D eigenvalue weighted by molar-refractivity contribution is 0.251. The highest BCUT2D eigenvalue weighted by Gasteiger charge is 2.06. The summed E-state index contributed by atoms with van der Waals surface area (Å²) in [6.07, 6.45) is 0. The van der Waals surface area contributed by atoms with Gasteiger partial charge in [0, 0.05) is 17.8 Å². The monoisotopic (exact) mass is 382 g/mol. The van der Waals surface area contributed by atoms with E-state index in [0.717, 1.165) is 27.6 Å². The molecule has 0 spiro atoms. The van der Waals surface area contributed by atoms with Gasteiger partial charge in [-0.05, 0) is 47.7 Å². The van der Waals surface area contributed by atoms with Crippen LogP contribution < -0.4 is 10.6 Å². The number of nitrogens with zero attached hydrogens (tertiary/aromatic N) is 2. The molecule has 2 amide bonds. The average Bonchev–Trinajstić information content (AvgIpc) is 2.69. The molecular formula is C20H19FN4OS. The highest BCUT2D eigenvalue weighted by molar-refractivity contribution is 7.99. The maximum atomic E-state index is 12.9. The number of urea groups is 1. The van der Waals surface area contributed by atoms with E-state index < -0.39 is 0 Å². The number of halogens is 1. The number of hydrogen-bond acceptors (Lipinski definition) is 4. The number of thioether (sulfide) groups is 1. The van der Waals surface area contributed by atoms with E-state index in [1.54, 1.807) is 30.0 Å². The topological polar surface area (TPSA) is 66.9 Å². The molecule has 1 aromatic heterocycles. The third kappa shape index (κ3) is 5.52. The minimum Gasteiger partial charge on any atom is -0.334 e. The second-order valence-electron chi connectivity index (χ2n) is 5.70. The summed E-state index contributed by atoms with van der Waals surface area (Å²) < 4.78 is 12.9. The zero-order valence-electron chi connectivity index (χ0n) is 14.8. The Kier molecular flexibility index (Phi) is 6.38. The number of nitrogens with one attached hydrogen (secondary N) is 2. The fraction of sp³-hybridized carbons (Fsp3) is 0.150. The predicted molar refractivity (Wildman–Crippen MR) is 106 cm³/mol. The van der Waals surface area contributed by atoms with Gasteiger partial charge in [-0.1, -0.05) is 31.2 Å². The number of aromatic nitrogens is 2. The molecule has 5 nitrogen and oxygen atoms in total. The molecule has 0 atom stereocenters. The summed E-state index contributed by atoms with van der Waals surface area (Å²) in [7, 11) is 0. The van der Waals surface area contributed by atoms with Crippen molar-refractivity contribution < 1.29 is 9.18 Å². The molecule has 0 bridgehead atoms. The lowest BCUT2D eigenvalue weighted by Gasteiger charge is -2.09. The zero-order chi connectivity index (χ0) is 19.1. The first-order chi connectivity index (χ1) is 13.1. The van der Waals surface area contributed by atoms with Crippen LogP contribution in [0.15, 0.2) is 65.7 Å². The molecule has 1 heterocycles. The van der Waals surface area contributed by atoms with Crippen molar-refractivity contribution in [2.24, 2.45) is 0 Å². The normalized spacial score (nSPS) is 10.4. The largest absolute Gasteiger partial charge is 0.334 e. The lowest BCUT2D eigenvalue weighted by Crippen LogP contribution is -2.28. The predicted octanol–water partition coefficient (Wildman–Crippen LogP) is 4.72. The summed E-state index contributed by atoms with van der Waals surface area (Å²) in [5.74, 6) is 0.643. The van der Waals surface area contributed by atoms with Crippen molar-refractivity contribution in [3.63, 3.8) is 0 Å². The van der Waals surface area contributed by atoms with E-state index >= 15 is 0 Å². The van der Waals surface area contributed by atoms with Gasteiger partial charge in [0.2, 0.25) is 0 Å². The van der Waals surface area contributed by atoms with Gasteiger partial charge < -0.3 is 10.6 Å². The number of carbonyl (C=O) groups is 1. The van der Waals surface area contributed by atoms with Gasteiger partial charge >= 0.3 is 6.03 Å². The van der Waals surface area contributed by atoms with Crippen molar-refractivity contribution in [1.29, 1.82) is 0 Å². The molecule has 0 aliphatic rings. The Hall–Kier alpha value is -2.93. The molecule has 0 saturated heterocycles. The molecule has 27 heavy (non-hydrogen) atoms. The van der Waals surface area contributed by atoms with Gasteiger partial charge in [0.05, 0.1) is 5.69 Å². The lowest BCUT2D eigenvalue weighted by atomic mass is 10.1. The average molecular weight is 382 g/mol. The van der Waals surface area contributed by atoms with Crippen LogP contribution in [0.4, 0.5) is 14.9 Å². The molecule has 0 radical (unpaired) electrons. The van der Waals surface area contributed by atoms with E-state index in [1.165, 1.54) is 12.1 Å². The fourth-order valence-electron chi connectivity index (χ4n) is 2.42. The van der Waals surface area contributed by atoms with Crippen molar-refractivity contribution in [3.05, 3.63) is 72.0 Å². The molecule has 7 heteroatoms. The SMILES string of the molecule is CCSc1ccc(-c2cccc(NC(=O)NCc3ccc(F)cc3)c2)nn1. The van der Waals surface area contributed by atoms with Gasteiger partial charge in [-0.15, -0.1) is 22.0 Å². The Morgan fingerprint density at radius 1 is 1.07 bits per heavy atom. The smallest absolute Gasteiger partial charge is 0.319 e. The summed E-state index contributed by atoms with van der Waals surface area (Å²) in [4.78, 5) is 12.1. The van der Waals surface area contributed by atoms with Gasteiger partial charge in [0.1, 0.15) is 10.8 Å². The van der Waals surface area contributed by atoms with Gasteiger partial charge in [0.25, 0.3) is 0 Å². The number of benzene rings is 2. The van der Waals surface area contributed by atoms with Gasteiger partial charge in [-0.25, -0.2) is 9.18 Å². The molecule has 138 valence electrons. The van der Waals surface area contributed by atoms with Crippen LogP contribution in [0.1, 0.15) is 12.5 Å². The van der Waals surface area contributed by atoms with Crippen molar-refractivity contribution in [2.45, 2.75) is 18.5 Å². The van der Waals surface area contributed by atoms with Crippen molar-refractivity contribution >= 4 is 23.5 Å². The quantitative estimate of drug-likeness (QED) is 0.606. The Morgan fingerprint density at radius 2 is 1.89 bits per heavy atom. The summed E-state index contributed by atoms with van der Waals surface area (Å²) in [6.45, 7) is 2.38. The number of hydrogen-bond donors (Lipinski definition) is 2. The Morgan fingerprint density at radius 3 is 2.59 bits per heavy atom. The second kappa shape index (κ2) is 9.14. The van der Waals surface area contributed by atoms with Crippen molar-refractivity contribution in [3.8, 4) is 11.3 Å². The van der Waals surface area contributed by atoms with Crippen LogP contribution in [-0.4, -0.2) is 22.0 Å². The van der Waals surface area contributed by atoms with Crippen LogP contribution >= 0.6 is 11.8 Å². The molecule has 0 unspecified atom stereocenters. The number of amides is 2. The maximum Gasteiger partial charge on any atom is 0.319 e. The third-order valence-electron chi connectivity index (χ3n) is 3.71. The molecule has 2 aromatic carbocycles. The van der Waals surface area contributed by atoms with Gasteiger partial charge in [0.15, 0.2) is 0 Å². The van der Waals surface area contributed by atoms with Crippen LogP contribution in [0.2, 0.25) is 0 Å². The molecule has 2 N–H and O–H groups in total. The highest BCUT2D eigenvalue weighted by Crippen LogP contribution is 2.22. The van der Waals surface area contributed by atoms with Gasteiger partial charge in [-0.2, -0.15) is 0 Å². The minimum absolute atomic E-state index is 0.301. The van der Waals surface area contributed by atoms with E-state index in [1.807, 2.05) is 30.3 Å². The Bertz CT molecular complexity index is 901. The Labute approximate surface area is 161 Å². The molecule has 0 aliphatic carbocycles.